The molecule has 202 valence electrons. The number of carbonyl (C=O) groups is 1. The number of hydrogen-bond acceptors (Lipinski definition) is 5. The minimum Gasteiger partial charge on any atom is -0.367 e. The lowest BCUT2D eigenvalue weighted by Gasteiger charge is -2.33. The van der Waals surface area contributed by atoms with Crippen LogP contribution < -0.4 is 5.32 Å². The molecular formula is C24H25F6N3O3S. The molecule has 13 heteroatoms. The summed E-state index contributed by atoms with van der Waals surface area (Å²) in [6.07, 6.45) is -7.98. The third kappa shape index (κ3) is 6.02. The van der Waals surface area contributed by atoms with Gasteiger partial charge in [-0.1, -0.05) is 18.2 Å². The zero-order valence-corrected chi connectivity index (χ0v) is 20.6. The highest BCUT2D eigenvalue weighted by molar-refractivity contribution is 7.91. The first-order chi connectivity index (χ1) is 17.2. The van der Waals surface area contributed by atoms with Crippen LogP contribution in [0.5, 0.6) is 0 Å². The first-order valence-corrected chi connectivity index (χ1v) is 13.4. The number of nitrogens with zero attached hydrogens (tertiary/aromatic N) is 2. The van der Waals surface area contributed by atoms with Crippen LogP contribution in [0.4, 0.5) is 32.2 Å². The van der Waals surface area contributed by atoms with Crippen LogP contribution >= 0.6 is 0 Å². The van der Waals surface area contributed by atoms with Crippen LogP contribution in [0.25, 0.3) is 0 Å². The van der Waals surface area contributed by atoms with Crippen LogP contribution in [0.3, 0.4) is 0 Å². The summed E-state index contributed by atoms with van der Waals surface area (Å²) in [6, 6.07) is 3.76. The van der Waals surface area contributed by atoms with Crippen molar-refractivity contribution in [1.29, 1.82) is 0 Å². The van der Waals surface area contributed by atoms with E-state index < -0.39 is 51.7 Å². The molecule has 2 atom stereocenters. The zero-order chi connectivity index (χ0) is 27.2. The Balaban J connectivity index is 1.47. The van der Waals surface area contributed by atoms with Crippen LogP contribution in [-0.4, -0.2) is 55.0 Å². The summed E-state index contributed by atoms with van der Waals surface area (Å²) in [6.45, 7) is 0. The van der Waals surface area contributed by atoms with Crippen molar-refractivity contribution in [2.45, 2.75) is 50.1 Å². The molecule has 1 aromatic carbocycles. The number of sulfone groups is 1. The monoisotopic (exact) mass is 549 g/mol. The van der Waals surface area contributed by atoms with Crippen molar-refractivity contribution in [3.63, 3.8) is 0 Å². The average molecular weight is 550 g/mol. The fraction of sp³-hybridized carbons (Fsp3) is 0.500. The summed E-state index contributed by atoms with van der Waals surface area (Å²) in [7, 11) is -2.25. The van der Waals surface area contributed by atoms with E-state index in [1.807, 2.05) is 0 Å². The number of amides is 1. The maximum Gasteiger partial charge on any atom is 0.416 e. The maximum absolute atomic E-state index is 14.0. The molecule has 0 spiro atoms. The molecule has 0 bridgehead atoms. The van der Waals surface area contributed by atoms with E-state index in [1.54, 1.807) is 6.07 Å². The zero-order valence-electron chi connectivity index (χ0n) is 19.7. The van der Waals surface area contributed by atoms with Crippen LogP contribution in [0, 0.1) is 5.92 Å². The van der Waals surface area contributed by atoms with Crippen molar-refractivity contribution in [2.24, 2.45) is 5.92 Å². The molecule has 1 N–H and O–H groups in total. The van der Waals surface area contributed by atoms with E-state index in [4.69, 9.17) is 0 Å². The second-order valence-electron chi connectivity index (χ2n) is 9.49. The Morgan fingerprint density at radius 1 is 1.05 bits per heavy atom. The Labute approximate surface area is 210 Å². The quantitative estimate of drug-likeness (QED) is 0.553. The SMILES string of the molecule is CN(C(=O)C1CCS(=O)(=O)CC1)C(c1ccc(NC2Cc3cccc(C(F)(F)F)c3C2)nc1)C(F)(F)F. The topological polar surface area (TPSA) is 79.4 Å². The largest absolute Gasteiger partial charge is 0.416 e. The molecule has 1 saturated heterocycles. The van der Waals surface area contributed by atoms with Crippen LogP contribution in [-0.2, 0) is 33.6 Å². The van der Waals surface area contributed by atoms with Crippen molar-refractivity contribution in [3.8, 4) is 0 Å². The number of carbonyl (C=O) groups excluding carboxylic acids is 1. The molecule has 1 aliphatic carbocycles. The van der Waals surface area contributed by atoms with Gasteiger partial charge >= 0.3 is 12.4 Å². The summed E-state index contributed by atoms with van der Waals surface area (Å²) >= 11 is 0. The normalized spacial score (nSPS) is 20.8. The molecule has 1 fully saturated rings. The third-order valence-electron chi connectivity index (χ3n) is 6.90. The third-order valence-corrected chi connectivity index (χ3v) is 8.61. The van der Waals surface area contributed by atoms with Gasteiger partial charge in [-0.3, -0.25) is 4.79 Å². The predicted octanol–water partition coefficient (Wildman–Crippen LogP) is 4.57. The average Bonchev–Trinajstić information content (AvgIpc) is 3.20. The van der Waals surface area contributed by atoms with Gasteiger partial charge in [0.1, 0.15) is 15.7 Å². The van der Waals surface area contributed by atoms with Gasteiger partial charge in [0.05, 0.1) is 17.1 Å². The Morgan fingerprint density at radius 2 is 1.73 bits per heavy atom. The highest BCUT2D eigenvalue weighted by Crippen LogP contribution is 2.39. The summed E-state index contributed by atoms with van der Waals surface area (Å²) < 4.78 is 105. The van der Waals surface area contributed by atoms with Gasteiger partial charge in [0.25, 0.3) is 0 Å². The molecule has 2 heterocycles. The number of pyridine rings is 1. The second kappa shape index (κ2) is 9.80. The number of nitrogens with one attached hydrogen (secondary N) is 1. The van der Waals surface area contributed by atoms with E-state index in [-0.39, 0.29) is 47.7 Å². The van der Waals surface area contributed by atoms with E-state index in [0.717, 1.165) is 19.3 Å². The van der Waals surface area contributed by atoms with Gasteiger partial charge in [0.15, 0.2) is 6.04 Å². The fourth-order valence-electron chi connectivity index (χ4n) is 5.06. The maximum atomic E-state index is 14.0. The molecule has 2 aromatic rings. The van der Waals surface area contributed by atoms with E-state index in [0.29, 0.717) is 16.9 Å². The van der Waals surface area contributed by atoms with Gasteiger partial charge in [-0.25, -0.2) is 13.4 Å². The Morgan fingerprint density at radius 3 is 2.30 bits per heavy atom. The van der Waals surface area contributed by atoms with E-state index in [9.17, 15) is 39.6 Å². The van der Waals surface area contributed by atoms with Crippen LogP contribution in [0.15, 0.2) is 36.5 Å². The van der Waals surface area contributed by atoms with E-state index >= 15 is 0 Å². The lowest BCUT2D eigenvalue weighted by atomic mass is 9.99. The smallest absolute Gasteiger partial charge is 0.367 e. The number of benzene rings is 1. The number of alkyl halides is 6. The molecule has 1 aliphatic heterocycles. The van der Waals surface area contributed by atoms with Crippen molar-refractivity contribution >= 4 is 21.6 Å². The van der Waals surface area contributed by atoms with Gasteiger partial charge in [0.2, 0.25) is 5.91 Å². The highest BCUT2D eigenvalue weighted by atomic mass is 32.2. The molecular weight excluding hydrogens is 524 g/mol. The van der Waals surface area contributed by atoms with Crippen molar-refractivity contribution in [3.05, 3.63) is 58.8 Å². The fourth-order valence-corrected chi connectivity index (χ4v) is 6.56. The lowest BCUT2D eigenvalue weighted by Crippen LogP contribution is -2.44. The molecule has 2 unspecified atom stereocenters. The predicted molar refractivity (Wildman–Crippen MR) is 123 cm³/mol. The molecule has 37 heavy (non-hydrogen) atoms. The van der Waals surface area contributed by atoms with Crippen molar-refractivity contribution in [2.75, 3.05) is 23.9 Å². The molecule has 2 aliphatic rings. The van der Waals surface area contributed by atoms with E-state index in [2.05, 4.69) is 10.3 Å². The summed E-state index contributed by atoms with van der Waals surface area (Å²) in [5.41, 5.74) is -0.242. The standard InChI is InChI=1S/C24H25F6N3O3S/c1-33(22(34)14-7-9-37(35,36)10-8-14)21(24(28,29)30)16-5-6-20(31-13-16)32-17-11-15-3-2-4-19(18(15)12-17)23(25,26)27/h2-6,13-14,17,21H,7-12H2,1H3,(H,31,32). The minimum absolute atomic E-state index is 0.0307. The van der Waals surface area contributed by atoms with Gasteiger partial charge < -0.3 is 10.2 Å². The summed E-state index contributed by atoms with van der Waals surface area (Å²) in [5.74, 6) is -1.90. The second-order valence-corrected chi connectivity index (χ2v) is 11.8. The molecule has 1 aromatic heterocycles. The summed E-state index contributed by atoms with van der Waals surface area (Å²) in [5, 5.41) is 2.99. The Bertz CT molecular complexity index is 1250. The van der Waals surface area contributed by atoms with E-state index in [1.165, 1.54) is 18.2 Å². The highest BCUT2D eigenvalue weighted by Gasteiger charge is 2.47. The number of anilines is 1. The Kier molecular flexibility index (Phi) is 7.21. The van der Waals surface area contributed by atoms with Gasteiger partial charge in [-0.2, -0.15) is 26.3 Å². The number of fused-ring (bicyclic) bond motifs is 1. The first kappa shape index (κ1) is 27.2. The van der Waals surface area contributed by atoms with Gasteiger partial charge in [-0.05, 0) is 48.9 Å². The molecule has 0 radical (unpaired) electrons. The molecule has 4 rings (SSSR count). The number of halogens is 6. The Hall–Kier alpha value is -2.83. The van der Waals surface area contributed by atoms with Crippen LogP contribution in [0.1, 0.15) is 41.1 Å². The van der Waals surface area contributed by atoms with Crippen molar-refractivity contribution in [1.82, 2.24) is 9.88 Å². The van der Waals surface area contributed by atoms with Crippen LogP contribution in [0.2, 0.25) is 0 Å². The number of aromatic nitrogens is 1. The van der Waals surface area contributed by atoms with Gasteiger partial charge in [-0.15, -0.1) is 0 Å². The van der Waals surface area contributed by atoms with Gasteiger partial charge in [0, 0.05) is 30.8 Å². The van der Waals surface area contributed by atoms with Crippen molar-refractivity contribution < 1.29 is 39.6 Å². The number of rotatable bonds is 5. The lowest BCUT2D eigenvalue weighted by molar-refractivity contribution is -0.190. The summed E-state index contributed by atoms with van der Waals surface area (Å²) in [4.78, 5) is 17.4. The first-order valence-electron chi connectivity index (χ1n) is 11.6. The number of hydrogen-bond donors (Lipinski definition) is 1. The molecule has 1 amide bonds. The molecule has 6 nitrogen and oxygen atoms in total. The molecule has 0 saturated carbocycles. The minimum atomic E-state index is -4.82.